The zero-order valence-electron chi connectivity index (χ0n) is 9.34. The van der Waals surface area contributed by atoms with Gasteiger partial charge in [-0.15, -0.1) is 5.10 Å². The van der Waals surface area contributed by atoms with Crippen molar-refractivity contribution in [2.45, 2.75) is 0 Å². The highest BCUT2D eigenvalue weighted by atomic mass is 16.5. The van der Waals surface area contributed by atoms with E-state index < -0.39 is 0 Å². The summed E-state index contributed by atoms with van der Waals surface area (Å²) < 4.78 is 5.13. The normalized spacial score (nSPS) is 10.6. The molecule has 2 aromatic heterocycles. The number of ether oxygens (including phenoxy) is 1. The number of H-pyrrole nitrogens is 1. The molecule has 0 aliphatic rings. The van der Waals surface area contributed by atoms with Crippen molar-refractivity contribution in [2.75, 3.05) is 7.11 Å². The minimum absolute atomic E-state index is 0.852. The molecule has 0 radical (unpaired) electrons. The smallest absolute Gasteiger partial charge is 0.118 e. The number of aromatic amines is 1. The van der Waals surface area contributed by atoms with Gasteiger partial charge >= 0.3 is 0 Å². The fourth-order valence-corrected chi connectivity index (χ4v) is 1.80. The highest BCUT2D eigenvalue weighted by Gasteiger charge is 2.04. The molecule has 0 bridgehead atoms. The van der Waals surface area contributed by atoms with Crippen LogP contribution in [0.1, 0.15) is 0 Å². The van der Waals surface area contributed by atoms with Gasteiger partial charge in [0.15, 0.2) is 0 Å². The first-order chi connectivity index (χ1) is 8.36. The van der Waals surface area contributed by atoms with E-state index in [0.29, 0.717) is 0 Å². The van der Waals surface area contributed by atoms with Crippen molar-refractivity contribution >= 4 is 11.0 Å². The molecule has 0 fully saturated rings. The molecule has 17 heavy (non-hydrogen) atoms. The number of aromatic nitrogens is 3. The topological polar surface area (TPSA) is 50.8 Å². The first-order valence-electron chi connectivity index (χ1n) is 5.31. The summed E-state index contributed by atoms with van der Waals surface area (Å²) in [6.07, 6.45) is 1.68. The number of fused-ring (bicyclic) bond motifs is 1. The molecule has 1 aromatic carbocycles. The van der Waals surface area contributed by atoms with Gasteiger partial charge in [-0.3, -0.25) is 0 Å². The SMILES string of the molecule is COc1ccc(-c2cc3nnccc3[nH]2)cc1. The lowest BCUT2D eigenvalue weighted by Crippen LogP contribution is -1.82. The first kappa shape index (κ1) is 9.84. The number of nitrogens with one attached hydrogen (secondary N) is 1. The zero-order chi connectivity index (χ0) is 11.7. The van der Waals surface area contributed by atoms with Crippen molar-refractivity contribution in [3.63, 3.8) is 0 Å². The third-order valence-corrected chi connectivity index (χ3v) is 2.70. The summed E-state index contributed by atoms with van der Waals surface area (Å²) in [5, 5.41) is 7.91. The number of nitrogens with zero attached hydrogens (tertiary/aromatic N) is 2. The number of methoxy groups -OCH3 is 1. The number of rotatable bonds is 2. The van der Waals surface area contributed by atoms with Crippen molar-refractivity contribution in [1.82, 2.24) is 15.2 Å². The number of hydrogen-bond donors (Lipinski definition) is 1. The second-order valence-corrected chi connectivity index (χ2v) is 3.74. The van der Waals surface area contributed by atoms with Crippen LogP contribution in [0, 0.1) is 0 Å². The Morgan fingerprint density at radius 1 is 1.12 bits per heavy atom. The molecule has 1 N–H and O–H groups in total. The average molecular weight is 225 g/mol. The van der Waals surface area contributed by atoms with Gasteiger partial charge in [0.1, 0.15) is 11.3 Å². The van der Waals surface area contributed by atoms with Crippen molar-refractivity contribution in [1.29, 1.82) is 0 Å². The second-order valence-electron chi connectivity index (χ2n) is 3.74. The van der Waals surface area contributed by atoms with Crippen molar-refractivity contribution in [2.24, 2.45) is 0 Å². The zero-order valence-corrected chi connectivity index (χ0v) is 9.34. The summed E-state index contributed by atoms with van der Waals surface area (Å²) >= 11 is 0. The molecule has 2 heterocycles. The first-order valence-corrected chi connectivity index (χ1v) is 5.31. The third kappa shape index (κ3) is 1.73. The van der Waals surface area contributed by atoms with E-state index in [2.05, 4.69) is 15.2 Å². The number of hydrogen-bond acceptors (Lipinski definition) is 3. The molecule has 0 saturated heterocycles. The maximum absolute atomic E-state index is 5.13. The highest BCUT2D eigenvalue weighted by molar-refractivity contribution is 5.81. The van der Waals surface area contributed by atoms with Crippen LogP contribution in [0.4, 0.5) is 0 Å². The van der Waals surface area contributed by atoms with Crippen LogP contribution >= 0.6 is 0 Å². The summed E-state index contributed by atoms with van der Waals surface area (Å²) in [7, 11) is 1.66. The minimum Gasteiger partial charge on any atom is -0.497 e. The van der Waals surface area contributed by atoms with Gasteiger partial charge in [-0.25, -0.2) is 0 Å². The Bertz CT molecular complexity index is 610. The van der Waals surface area contributed by atoms with E-state index in [1.54, 1.807) is 13.3 Å². The van der Waals surface area contributed by atoms with Crippen molar-refractivity contribution in [3.05, 3.63) is 42.6 Å². The van der Waals surface area contributed by atoms with Crippen LogP contribution in [0.15, 0.2) is 42.6 Å². The van der Waals surface area contributed by atoms with E-state index >= 15 is 0 Å². The van der Waals surface area contributed by atoms with Crippen LogP contribution in [0.5, 0.6) is 5.75 Å². The quantitative estimate of drug-likeness (QED) is 0.729. The van der Waals surface area contributed by atoms with E-state index in [1.807, 2.05) is 36.4 Å². The van der Waals surface area contributed by atoms with Crippen LogP contribution in [-0.2, 0) is 0 Å². The molecule has 84 valence electrons. The van der Waals surface area contributed by atoms with E-state index in [-0.39, 0.29) is 0 Å². The lowest BCUT2D eigenvalue weighted by Gasteiger charge is -2.00. The lowest BCUT2D eigenvalue weighted by molar-refractivity contribution is 0.415. The summed E-state index contributed by atoms with van der Waals surface area (Å²) in [5.74, 6) is 0.852. The van der Waals surface area contributed by atoms with Gasteiger partial charge in [-0.2, -0.15) is 5.10 Å². The summed E-state index contributed by atoms with van der Waals surface area (Å²) in [4.78, 5) is 3.31. The highest BCUT2D eigenvalue weighted by Crippen LogP contribution is 2.24. The Morgan fingerprint density at radius 2 is 1.94 bits per heavy atom. The third-order valence-electron chi connectivity index (χ3n) is 2.70. The fraction of sp³-hybridized carbons (Fsp3) is 0.0769. The molecule has 4 nitrogen and oxygen atoms in total. The van der Waals surface area contributed by atoms with Gasteiger partial charge in [0.25, 0.3) is 0 Å². The fourth-order valence-electron chi connectivity index (χ4n) is 1.80. The van der Waals surface area contributed by atoms with Gasteiger partial charge in [-0.05, 0) is 42.0 Å². The van der Waals surface area contributed by atoms with Crippen LogP contribution in [-0.4, -0.2) is 22.3 Å². The Labute approximate surface area is 98.3 Å². The molecule has 0 atom stereocenters. The minimum atomic E-state index is 0.852. The van der Waals surface area contributed by atoms with Gasteiger partial charge < -0.3 is 9.72 Å². The molecule has 3 rings (SSSR count). The molecule has 4 heteroatoms. The Morgan fingerprint density at radius 3 is 2.65 bits per heavy atom. The predicted octanol–water partition coefficient (Wildman–Crippen LogP) is 2.63. The summed E-state index contributed by atoms with van der Waals surface area (Å²) in [6, 6.07) is 11.8. The van der Waals surface area contributed by atoms with E-state index in [1.165, 1.54) is 0 Å². The van der Waals surface area contributed by atoms with E-state index in [0.717, 1.165) is 28.0 Å². The van der Waals surface area contributed by atoms with E-state index in [9.17, 15) is 0 Å². The summed E-state index contributed by atoms with van der Waals surface area (Å²) in [5.41, 5.74) is 4.00. The van der Waals surface area contributed by atoms with E-state index in [4.69, 9.17) is 4.74 Å². The maximum Gasteiger partial charge on any atom is 0.118 e. The molecular weight excluding hydrogens is 214 g/mol. The Balaban J connectivity index is 2.07. The number of benzene rings is 1. The molecule has 3 aromatic rings. The molecule has 0 amide bonds. The van der Waals surface area contributed by atoms with Crippen LogP contribution < -0.4 is 4.74 Å². The lowest BCUT2D eigenvalue weighted by atomic mass is 10.1. The standard InChI is InChI=1S/C13H11N3O/c1-17-10-4-2-9(3-5-10)12-8-13-11(15-12)6-7-14-16-13/h2-8,15H,1H3. The molecule has 0 aliphatic heterocycles. The van der Waals surface area contributed by atoms with Crippen molar-refractivity contribution < 1.29 is 4.74 Å². The van der Waals surface area contributed by atoms with Crippen molar-refractivity contribution in [3.8, 4) is 17.0 Å². The largest absolute Gasteiger partial charge is 0.497 e. The van der Waals surface area contributed by atoms with Gasteiger partial charge in [0.2, 0.25) is 0 Å². The summed E-state index contributed by atoms with van der Waals surface area (Å²) in [6.45, 7) is 0. The average Bonchev–Trinajstić information content (AvgIpc) is 2.82. The Hall–Kier alpha value is -2.36. The Kier molecular flexibility index (Phi) is 2.26. The van der Waals surface area contributed by atoms with Crippen LogP contribution in [0.25, 0.3) is 22.3 Å². The molecule has 0 spiro atoms. The van der Waals surface area contributed by atoms with Gasteiger partial charge in [0.05, 0.1) is 18.8 Å². The molecule has 0 saturated carbocycles. The molecular formula is C13H11N3O. The van der Waals surface area contributed by atoms with Gasteiger partial charge in [0, 0.05) is 5.69 Å². The second kappa shape index (κ2) is 3.90. The monoisotopic (exact) mass is 225 g/mol. The maximum atomic E-state index is 5.13. The van der Waals surface area contributed by atoms with Crippen LogP contribution in [0.3, 0.4) is 0 Å². The van der Waals surface area contributed by atoms with Gasteiger partial charge in [-0.1, -0.05) is 0 Å². The molecule has 0 aliphatic carbocycles. The molecule has 0 unspecified atom stereocenters. The van der Waals surface area contributed by atoms with Crippen LogP contribution in [0.2, 0.25) is 0 Å². The predicted molar refractivity (Wildman–Crippen MR) is 65.9 cm³/mol.